The minimum absolute atomic E-state index is 0.135. The van der Waals surface area contributed by atoms with E-state index in [0.29, 0.717) is 6.04 Å². The third-order valence-electron chi connectivity index (χ3n) is 3.80. The largest absolute Gasteiger partial charge is 0.313 e. The van der Waals surface area contributed by atoms with E-state index in [0.717, 1.165) is 38.2 Å². The highest BCUT2D eigenvalue weighted by Crippen LogP contribution is 2.12. The Kier molecular flexibility index (Phi) is 4.72. The van der Waals surface area contributed by atoms with Gasteiger partial charge in [0, 0.05) is 25.7 Å². The van der Waals surface area contributed by atoms with Crippen molar-refractivity contribution >= 4 is 0 Å². The highest BCUT2D eigenvalue weighted by molar-refractivity contribution is 5.26. The van der Waals surface area contributed by atoms with Gasteiger partial charge in [-0.2, -0.15) is 0 Å². The van der Waals surface area contributed by atoms with E-state index in [2.05, 4.69) is 17.1 Å². The molecule has 2 nitrogen and oxygen atoms in total. The fourth-order valence-electron chi connectivity index (χ4n) is 2.50. The topological polar surface area (TPSA) is 15.3 Å². The van der Waals surface area contributed by atoms with E-state index in [4.69, 9.17) is 0 Å². The summed E-state index contributed by atoms with van der Waals surface area (Å²) < 4.78 is 13.0. The summed E-state index contributed by atoms with van der Waals surface area (Å²) in [5.41, 5.74) is 2.33. The number of nitrogens with zero attached hydrogens (tertiary/aromatic N) is 1. The molecule has 18 heavy (non-hydrogen) atoms. The first kappa shape index (κ1) is 13.5. The number of nitrogens with one attached hydrogen (secondary N) is 1. The SMILES string of the molecule is Cc1cc(F)ccc1CCN1CCNC(C)CC1. The van der Waals surface area contributed by atoms with Crippen molar-refractivity contribution in [1.29, 1.82) is 0 Å². The molecule has 1 saturated heterocycles. The van der Waals surface area contributed by atoms with Gasteiger partial charge in [-0.3, -0.25) is 0 Å². The van der Waals surface area contributed by atoms with Crippen LogP contribution >= 0.6 is 0 Å². The molecule has 100 valence electrons. The number of halogens is 1. The van der Waals surface area contributed by atoms with Crippen LogP contribution in [-0.4, -0.2) is 37.1 Å². The van der Waals surface area contributed by atoms with E-state index >= 15 is 0 Å². The number of aryl methyl sites for hydroxylation is 1. The zero-order chi connectivity index (χ0) is 13.0. The number of benzene rings is 1. The van der Waals surface area contributed by atoms with E-state index in [1.165, 1.54) is 12.0 Å². The highest BCUT2D eigenvalue weighted by Gasteiger charge is 2.12. The van der Waals surface area contributed by atoms with Crippen LogP contribution < -0.4 is 5.32 Å². The lowest BCUT2D eigenvalue weighted by molar-refractivity contribution is 0.294. The number of rotatable bonds is 3. The van der Waals surface area contributed by atoms with Crippen molar-refractivity contribution in [1.82, 2.24) is 10.2 Å². The van der Waals surface area contributed by atoms with Crippen LogP contribution in [0.15, 0.2) is 18.2 Å². The van der Waals surface area contributed by atoms with Crippen LogP contribution in [-0.2, 0) is 6.42 Å². The minimum atomic E-state index is -0.135. The molecule has 0 aromatic heterocycles. The molecule has 1 atom stereocenters. The fourth-order valence-corrected chi connectivity index (χ4v) is 2.50. The van der Waals surface area contributed by atoms with Crippen molar-refractivity contribution in [2.75, 3.05) is 26.2 Å². The second kappa shape index (κ2) is 6.30. The summed E-state index contributed by atoms with van der Waals surface area (Å²) in [5.74, 6) is -0.135. The van der Waals surface area contributed by atoms with Crippen molar-refractivity contribution in [2.45, 2.75) is 32.7 Å². The Hall–Kier alpha value is -0.930. The van der Waals surface area contributed by atoms with Crippen LogP contribution in [0.3, 0.4) is 0 Å². The summed E-state index contributed by atoms with van der Waals surface area (Å²) in [6, 6.07) is 5.74. The summed E-state index contributed by atoms with van der Waals surface area (Å²) >= 11 is 0. The fraction of sp³-hybridized carbons (Fsp3) is 0.600. The average Bonchev–Trinajstić information content (AvgIpc) is 2.53. The Morgan fingerprint density at radius 2 is 2.22 bits per heavy atom. The normalized spacial score (nSPS) is 21.8. The van der Waals surface area contributed by atoms with Gasteiger partial charge in [-0.1, -0.05) is 6.07 Å². The van der Waals surface area contributed by atoms with Gasteiger partial charge in [0.2, 0.25) is 0 Å². The molecule has 1 aliphatic rings. The summed E-state index contributed by atoms with van der Waals surface area (Å²) in [5, 5.41) is 3.50. The molecule has 1 aliphatic heterocycles. The van der Waals surface area contributed by atoms with Crippen molar-refractivity contribution in [3.8, 4) is 0 Å². The van der Waals surface area contributed by atoms with E-state index in [1.54, 1.807) is 12.1 Å². The molecule has 0 saturated carbocycles. The Morgan fingerprint density at radius 3 is 3.00 bits per heavy atom. The van der Waals surface area contributed by atoms with Crippen molar-refractivity contribution in [2.24, 2.45) is 0 Å². The van der Waals surface area contributed by atoms with Gasteiger partial charge in [-0.05, 0) is 56.5 Å². The quantitative estimate of drug-likeness (QED) is 0.886. The molecule has 0 spiro atoms. The lowest BCUT2D eigenvalue weighted by Gasteiger charge is -2.19. The smallest absolute Gasteiger partial charge is 0.123 e. The van der Waals surface area contributed by atoms with Gasteiger partial charge in [0.25, 0.3) is 0 Å². The molecule has 1 heterocycles. The highest BCUT2D eigenvalue weighted by atomic mass is 19.1. The van der Waals surface area contributed by atoms with E-state index in [9.17, 15) is 4.39 Å². The zero-order valence-corrected chi connectivity index (χ0v) is 11.4. The van der Waals surface area contributed by atoms with Crippen LogP contribution in [0.5, 0.6) is 0 Å². The van der Waals surface area contributed by atoms with E-state index in [1.807, 2.05) is 13.0 Å². The van der Waals surface area contributed by atoms with Crippen LogP contribution in [0.1, 0.15) is 24.5 Å². The van der Waals surface area contributed by atoms with E-state index < -0.39 is 0 Å². The van der Waals surface area contributed by atoms with Crippen LogP contribution in [0.4, 0.5) is 4.39 Å². The maximum absolute atomic E-state index is 13.0. The van der Waals surface area contributed by atoms with Crippen LogP contribution in [0.2, 0.25) is 0 Å². The first-order valence-electron chi connectivity index (χ1n) is 6.86. The second-order valence-corrected chi connectivity index (χ2v) is 5.31. The lowest BCUT2D eigenvalue weighted by atomic mass is 10.1. The summed E-state index contributed by atoms with van der Waals surface area (Å²) in [6.07, 6.45) is 2.23. The monoisotopic (exact) mass is 250 g/mol. The molecule has 0 amide bonds. The molecule has 1 aromatic carbocycles. The van der Waals surface area contributed by atoms with Gasteiger partial charge in [0.15, 0.2) is 0 Å². The molecule has 1 aromatic rings. The summed E-state index contributed by atoms with van der Waals surface area (Å²) in [7, 11) is 0. The number of hydrogen-bond acceptors (Lipinski definition) is 2. The van der Waals surface area contributed by atoms with Gasteiger partial charge in [0.1, 0.15) is 5.82 Å². The number of hydrogen-bond donors (Lipinski definition) is 1. The van der Waals surface area contributed by atoms with Crippen molar-refractivity contribution < 1.29 is 4.39 Å². The molecule has 0 aliphatic carbocycles. The first-order chi connectivity index (χ1) is 8.65. The average molecular weight is 250 g/mol. The Morgan fingerprint density at radius 1 is 1.39 bits per heavy atom. The summed E-state index contributed by atoms with van der Waals surface area (Å²) in [4.78, 5) is 2.50. The molecular weight excluding hydrogens is 227 g/mol. The molecule has 0 bridgehead atoms. The predicted molar refractivity (Wildman–Crippen MR) is 73.4 cm³/mol. The third kappa shape index (κ3) is 3.79. The van der Waals surface area contributed by atoms with Gasteiger partial charge >= 0.3 is 0 Å². The van der Waals surface area contributed by atoms with E-state index in [-0.39, 0.29) is 5.82 Å². The Bertz CT molecular complexity index is 392. The first-order valence-corrected chi connectivity index (χ1v) is 6.86. The van der Waals surface area contributed by atoms with Gasteiger partial charge < -0.3 is 10.2 Å². The third-order valence-corrected chi connectivity index (χ3v) is 3.80. The molecule has 2 rings (SSSR count). The second-order valence-electron chi connectivity index (χ2n) is 5.31. The lowest BCUT2D eigenvalue weighted by Crippen LogP contribution is -2.30. The standard InChI is InChI=1S/C15H23FN2/c1-12-11-15(16)4-3-14(12)6-9-18-8-5-13(2)17-7-10-18/h3-4,11,13,17H,5-10H2,1-2H3. The molecule has 0 radical (unpaired) electrons. The maximum atomic E-state index is 13.0. The molecule has 3 heteroatoms. The van der Waals surface area contributed by atoms with Crippen LogP contribution in [0.25, 0.3) is 0 Å². The van der Waals surface area contributed by atoms with Crippen molar-refractivity contribution in [3.05, 3.63) is 35.1 Å². The molecule has 1 unspecified atom stereocenters. The maximum Gasteiger partial charge on any atom is 0.123 e. The zero-order valence-electron chi connectivity index (χ0n) is 11.4. The van der Waals surface area contributed by atoms with Gasteiger partial charge in [-0.25, -0.2) is 4.39 Å². The van der Waals surface area contributed by atoms with Crippen molar-refractivity contribution in [3.63, 3.8) is 0 Å². The van der Waals surface area contributed by atoms with Crippen LogP contribution in [0, 0.1) is 12.7 Å². The minimum Gasteiger partial charge on any atom is -0.313 e. The van der Waals surface area contributed by atoms with Gasteiger partial charge in [0.05, 0.1) is 0 Å². The summed E-state index contributed by atoms with van der Waals surface area (Å²) in [6.45, 7) is 8.65. The predicted octanol–water partition coefficient (Wildman–Crippen LogP) is 2.36. The molecule has 1 N–H and O–H groups in total. The van der Waals surface area contributed by atoms with Gasteiger partial charge in [-0.15, -0.1) is 0 Å². The Labute approximate surface area is 109 Å². The molecule has 1 fully saturated rings. The Balaban J connectivity index is 1.87. The molecular formula is C15H23FN2.